The van der Waals surface area contributed by atoms with Gasteiger partial charge in [-0.3, -0.25) is 9.69 Å². The second-order valence-corrected chi connectivity index (χ2v) is 8.33. The lowest BCUT2D eigenvalue weighted by molar-refractivity contribution is -0.127. The molecule has 21 heavy (non-hydrogen) atoms. The van der Waals surface area contributed by atoms with Crippen molar-refractivity contribution in [1.29, 1.82) is 0 Å². The summed E-state index contributed by atoms with van der Waals surface area (Å²) >= 11 is 0. The quantitative estimate of drug-likeness (QED) is 0.799. The van der Waals surface area contributed by atoms with Crippen LogP contribution in [0.5, 0.6) is 0 Å². The Bertz CT molecular complexity index is 373. The van der Waals surface area contributed by atoms with Gasteiger partial charge in [-0.2, -0.15) is 0 Å². The van der Waals surface area contributed by atoms with E-state index in [1.165, 1.54) is 51.9 Å². The smallest absolute Gasteiger partial charge is 0.137 e. The van der Waals surface area contributed by atoms with Gasteiger partial charge in [-0.1, -0.05) is 20.3 Å². The average Bonchev–Trinajstić information content (AvgIpc) is 2.92. The zero-order chi connectivity index (χ0) is 14.9. The number of rotatable bonds is 3. The van der Waals surface area contributed by atoms with Gasteiger partial charge in [-0.25, -0.2) is 0 Å². The van der Waals surface area contributed by atoms with E-state index in [4.69, 9.17) is 0 Å². The molecule has 3 heteroatoms. The first kappa shape index (κ1) is 15.5. The van der Waals surface area contributed by atoms with Crippen LogP contribution in [0.15, 0.2) is 0 Å². The van der Waals surface area contributed by atoms with E-state index < -0.39 is 0 Å². The molecule has 0 spiro atoms. The monoisotopic (exact) mass is 292 g/mol. The molecule has 2 atom stereocenters. The molecule has 0 aromatic heterocycles. The SMILES string of the molecule is CC1(C)CCC(=O)C(CN2CCC(N3CCCCC3)C2)C1. The number of Topliss-reactive ketones (excluding diaryl/α,β-unsaturated/α-hetero) is 1. The molecule has 3 aliphatic rings. The van der Waals surface area contributed by atoms with Crippen LogP contribution in [0.1, 0.15) is 58.8 Å². The molecule has 3 nitrogen and oxygen atoms in total. The van der Waals surface area contributed by atoms with Crippen LogP contribution in [0.2, 0.25) is 0 Å². The van der Waals surface area contributed by atoms with Crippen molar-refractivity contribution >= 4 is 5.78 Å². The fourth-order valence-corrected chi connectivity index (χ4v) is 4.59. The van der Waals surface area contributed by atoms with Crippen molar-refractivity contribution in [2.45, 2.75) is 64.8 Å². The molecule has 0 bridgehead atoms. The van der Waals surface area contributed by atoms with E-state index in [0.717, 1.165) is 31.8 Å². The van der Waals surface area contributed by atoms with E-state index in [-0.39, 0.29) is 0 Å². The van der Waals surface area contributed by atoms with Crippen molar-refractivity contribution in [3.8, 4) is 0 Å². The van der Waals surface area contributed by atoms with Crippen molar-refractivity contribution in [3.05, 3.63) is 0 Å². The highest BCUT2D eigenvalue weighted by atomic mass is 16.1. The Kier molecular flexibility index (Phi) is 4.70. The van der Waals surface area contributed by atoms with Crippen molar-refractivity contribution in [2.75, 3.05) is 32.7 Å². The van der Waals surface area contributed by atoms with E-state index in [1.54, 1.807) is 0 Å². The standard InChI is InChI=1S/C18H32N2O/c1-18(2)8-6-17(21)15(12-18)13-19-11-7-16(14-19)20-9-4-3-5-10-20/h15-16H,3-14H2,1-2H3. The minimum absolute atomic E-state index is 0.300. The Labute approximate surface area is 130 Å². The molecular formula is C18H32N2O. The molecule has 120 valence electrons. The third-order valence-corrected chi connectivity index (χ3v) is 5.94. The molecule has 3 rings (SSSR count). The van der Waals surface area contributed by atoms with E-state index in [9.17, 15) is 4.79 Å². The number of carbonyl (C=O) groups excluding carboxylic acids is 1. The molecule has 0 aromatic carbocycles. The molecule has 2 saturated heterocycles. The van der Waals surface area contributed by atoms with E-state index in [1.807, 2.05) is 0 Å². The Balaban J connectivity index is 1.50. The summed E-state index contributed by atoms with van der Waals surface area (Å²) in [6.07, 6.45) is 8.47. The number of hydrogen-bond acceptors (Lipinski definition) is 3. The third kappa shape index (κ3) is 3.87. The van der Waals surface area contributed by atoms with Gasteiger partial charge in [0.15, 0.2) is 0 Å². The van der Waals surface area contributed by atoms with Crippen molar-refractivity contribution in [2.24, 2.45) is 11.3 Å². The van der Waals surface area contributed by atoms with Gasteiger partial charge < -0.3 is 4.90 Å². The van der Waals surface area contributed by atoms with Crippen LogP contribution in [0.3, 0.4) is 0 Å². The lowest BCUT2D eigenvalue weighted by Gasteiger charge is -2.36. The number of piperidine rings is 1. The molecule has 3 fully saturated rings. The number of hydrogen-bond donors (Lipinski definition) is 0. The Morgan fingerprint density at radius 2 is 1.90 bits per heavy atom. The second kappa shape index (κ2) is 6.37. The maximum Gasteiger partial charge on any atom is 0.137 e. The van der Waals surface area contributed by atoms with Gasteiger partial charge in [0, 0.05) is 31.5 Å². The van der Waals surface area contributed by atoms with Crippen LogP contribution >= 0.6 is 0 Å². The maximum atomic E-state index is 12.2. The molecule has 0 radical (unpaired) electrons. The van der Waals surface area contributed by atoms with E-state index in [2.05, 4.69) is 23.6 Å². The Morgan fingerprint density at radius 3 is 2.67 bits per heavy atom. The molecule has 0 aromatic rings. The molecular weight excluding hydrogens is 260 g/mol. The second-order valence-electron chi connectivity index (χ2n) is 8.33. The van der Waals surface area contributed by atoms with Crippen LogP contribution in [0, 0.1) is 11.3 Å². The highest BCUT2D eigenvalue weighted by Crippen LogP contribution is 2.37. The maximum absolute atomic E-state index is 12.2. The Hall–Kier alpha value is -0.410. The summed E-state index contributed by atoms with van der Waals surface area (Å²) in [7, 11) is 0. The van der Waals surface area contributed by atoms with Gasteiger partial charge in [0.05, 0.1) is 0 Å². The minimum Gasteiger partial charge on any atom is -0.301 e. The summed E-state index contributed by atoms with van der Waals surface area (Å²) in [5.41, 5.74) is 0.366. The minimum atomic E-state index is 0.300. The first-order valence-corrected chi connectivity index (χ1v) is 9.03. The van der Waals surface area contributed by atoms with Crippen LogP contribution in [-0.2, 0) is 4.79 Å². The number of likely N-dealkylation sites (tertiary alicyclic amines) is 2. The summed E-state index contributed by atoms with van der Waals surface area (Å²) in [4.78, 5) is 17.5. The number of carbonyl (C=O) groups is 1. The van der Waals surface area contributed by atoms with Crippen molar-refractivity contribution in [3.63, 3.8) is 0 Å². The van der Waals surface area contributed by atoms with E-state index in [0.29, 0.717) is 17.1 Å². The van der Waals surface area contributed by atoms with Crippen LogP contribution in [0.25, 0.3) is 0 Å². The lowest BCUT2D eigenvalue weighted by atomic mass is 9.71. The summed E-state index contributed by atoms with van der Waals surface area (Å²) in [6.45, 7) is 10.7. The summed E-state index contributed by atoms with van der Waals surface area (Å²) in [6, 6.07) is 0.761. The summed E-state index contributed by atoms with van der Waals surface area (Å²) in [5, 5.41) is 0. The van der Waals surface area contributed by atoms with Gasteiger partial charge in [-0.15, -0.1) is 0 Å². The molecule has 2 aliphatic heterocycles. The summed E-state index contributed by atoms with van der Waals surface area (Å²) < 4.78 is 0. The molecule has 2 heterocycles. The van der Waals surface area contributed by atoms with Crippen LogP contribution in [0.4, 0.5) is 0 Å². The molecule has 0 N–H and O–H groups in total. The predicted octanol–water partition coefficient (Wildman–Crippen LogP) is 2.94. The fourth-order valence-electron chi connectivity index (χ4n) is 4.59. The summed E-state index contributed by atoms with van der Waals surface area (Å²) in [5.74, 6) is 0.824. The number of nitrogens with zero attached hydrogens (tertiary/aromatic N) is 2. The average molecular weight is 292 g/mol. The topological polar surface area (TPSA) is 23.6 Å². The van der Waals surface area contributed by atoms with Gasteiger partial charge in [-0.05, 0) is 57.2 Å². The number of ketones is 1. The van der Waals surface area contributed by atoms with Gasteiger partial charge in [0.1, 0.15) is 5.78 Å². The lowest BCUT2D eigenvalue weighted by Crippen LogP contribution is -2.42. The van der Waals surface area contributed by atoms with Gasteiger partial charge >= 0.3 is 0 Å². The third-order valence-electron chi connectivity index (χ3n) is 5.94. The molecule has 2 unspecified atom stereocenters. The predicted molar refractivity (Wildman–Crippen MR) is 86.4 cm³/mol. The first-order valence-electron chi connectivity index (χ1n) is 9.03. The van der Waals surface area contributed by atoms with Crippen molar-refractivity contribution < 1.29 is 4.79 Å². The largest absolute Gasteiger partial charge is 0.301 e. The molecule has 0 amide bonds. The highest BCUT2D eigenvalue weighted by Gasteiger charge is 2.36. The zero-order valence-corrected chi connectivity index (χ0v) is 13.9. The van der Waals surface area contributed by atoms with Gasteiger partial charge in [0.2, 0.25) is 0 Å². The van der Waals surface area contributed by atoms with Gasteiger partial charge in [0.25, 0.3) is 0 Å². The van der Waals surface area contributed by atoms with Crippen LogP contribution in [-0.4, -0.2) is 54.3 Å². The first-order chi connectivity index (χ1) is 10.0. The zero-order valence-electron chi connectivity index (χ0n) is 13.9. The highest BCUT2D eigenvalue weighted by molar-refractivity contribution is 5.82. The van der Waals surface area contributed by atoms with Crippen molar-refractivity contribution in [1.82, 2.24) is 9.80 Å². The molecule has 1 saturated carbocycles. The Morgan fingerprint density at radius 1 is 1.14 bits per heavy atom. The van der Waals surface area contributed by atoms with Crippen LogP contribution < -0.4 is 0 Å². The fraction of sp³-hybridized carbons (Fsp3) is 0.944. The normalized spacial score (nSPS) is 35.2. The van der Waals surface area contributed by atoms with E-state index >= 15 is 0 Å². The molecule has 1 aliphatic carbocycles.